The van der Waals surface area contributed by atoms with Crippen LogP contribution in [0.5, 0.6) is 0 Å². The number of hydrogen-bond donors (Lipinski definition) is 0. The molecule has 0 bridgehead atoms. The zero-order valence-electron chi connectivity index (χ0n) is 14.9. The molecule has 0 saturated carbocycles. The average Bonchev–Trinajstić information content (AvgIpc) is 3.14. The molecule has 132 valence electrons. The van der Waals surface area contributed by atoms with Gasteiger partial charge in [-0.3, -0.25) is 9.69 Å². The number of carbonyl (C=O) groups is 1. The van der Waals surface area contributed by atoms with E-state index in [1.165, 1.54) is 0 Å². The second-order valence-electron chi connectivity index (χ2n) is 6.41. The summed E-state index contributed by atoms with van der Waals surface area (Å²) in [5.41, 5.74) is 3.50. The number of nitrogens with zero attached hydrogens (tertiary/aromatic N) is 2. The van der Waals surface area contributed by atoms with Crippen LogP contribution in [0.2, 0.25) is 5.02 Å². The molecular weight excluding hydrogens is 336 g/mol. The van der Waals surface area contributed by atoms with E-state index in [2.05, 4.69) is 18.0 Å². The van der Waals surface area contributed by atoms with E-state index in [-0.39, 0.29) is 12.0 Å². The molecule has 3 rings (SSSR count). The number of halogens is 1. The van der Waals surface area contributed by atoms with Crippen LogP contribution in [0.25, 0.3) is 0 Å². The number of aromatic nitrogens is 1. The number of ether oxygens (including phenoxy) is 1. The Hall–Kier alpha value is -1.91. The molecule has 1 saturated heterocycles. The van der Waals surface area contributed by atoms with Crippen molar-refractivity contribution in [3.8, 4) is 0 Å². The van der Waals surface area contributed by atoms with Crippen molar-refractivity contribution in [2.45, 2.75) is 39.2 Å². The minimum Gasteiger partial charge on any atom is -0.373 e. The lowest BCUT2D eigenvalue weighted by molar-refractivity contribution is 0.0987. The van der Waals surface area contributed by atoms with Crippen LogP contribution in [-0.4, -0.2) is 24.5 Å². The molecule has 1 aliphatic heterocycles. The molecule has 1 amide bonds. The highest BCUT2D eigenvalue weighted by molar-refractivity contribution is 6.34. The van der Waals surface area contributed by atoms with Gasteiger partial charge in [-0.05, 0) is 49.4 Å². The smallest absolute Gasteiger partial charge is 0.260 e. The monoisotopic (exact) mass is 358 g/mol. The number of rotatable bonds is 4. The Labute approximate surface area is 153 Å². The van der Waals surface area contributed by atoms with Crippen molar-refractivity contribution in [3.63, 3.8) is 0 Å². The lowest BCUT2D eigenvalue weighted by Crippen LogP contribution is -2.29. The van der Waals surface area contributed by atoms with E-state index >= 15 is 0 Å². The molecule has 1 fully saturated rings. The van der Waals surface area contributed by atoms with E-state index in [0.29, 0.717) is 16.4 Å². The first-order valence-corrected chi connectivity index (χ1v) is 9.04. The van der Waals surface area contributed by atoms with Gasteiger partial charge in [0.05, 0.1) is 16.7 Å². The zero-order valence-corrected chi connectivity index (χ0v) is 15.6. The second kappa shape index (κ2) is 7.54. The summed E-state index contributed by atoms with van der Waals surface area (Å²) in [6.07, 6.45) is 4.71. The van der Waals surface area contributed by atoms with Crippen LogP contribution < -0.4 is 4.90 Å². The number of pyridine rings is 1. The summed E-state index contributed by atoms with van der Waals surface area (Å²) in [7, 11) is 1.75. The van der Waals surface area contributed by atoms with E-state index in [0.717, 1.165) is 42.6 Å². The van der Waals surface area contributed by atoms with Gasteiger partial charge in [-0.25, -0.2) is 4.98 Å². The number of hydrogen-bond acceptors (Lipinski definition) is 3. The molecule has 4 nitrogen and oxygen atoms in total. The fourth-order valence-corrected chi connectivity index (χ4v) is 3.52. The maximum Gasteiger partial charge on any atom is 0.260 e. The van der Waals surface area contributed by atoms with Gasteiger partial charge in [0.15, 0.2) is 0 Å². The van der Waals surface area contributed by atoms with E-state index in [1.807, 2.05) is 25.3 Å². The topological polar surface area (TPSA) is 42.4 Å². The predicted octanol–water partition coefficient (Wildman–Crippen LogP) is 4.73. The molecule has 1 atom stereocenters. The third kappa shape index (κ3) is 3.55. The minimum absolute atomic E-state index is 0.00316. The van der Waals surface area contributed by atoms with Gasteiger partial charge in [-0.2, -0.15) is 0 Å². The molecule has 1 aromatic heterocycles. The standard InChI is InChI=1S/C20H23ClN2O2/c1-4-14-11-15(17-9-6-10-25-17)19(22-12-14)23(3)20(24)18-13(2)7-5-8-16(18)21/h5,7-8,11-12,17H,4,6,9-10H2,1-3H3. The highest BCUT2D eigenvalue weighted by Gasteiger charge is 2.27. The number of carbonyl (C=O) groups excluding carboxylic acids is 1. The molecule has 1 aliphatic rings. The fourth-order valence-electron chi connectivity index (χ4n) is 3.22. The van der Waals surface area contributed by atoms with Crippen LogP contribution >= 0.6 is 11.6 Å². The van der Waals surface area contributed by atoms with Gasteiger partial charge in [-0.15, -0.1) is 0 Å². The van der Waals surface area contributed by atoms with Gasteiger partial charge in [0.2, 0.25) is 0 Å². The Bertz CT molecular complexity index is 765. The van der Waals surface area contributed by atoms with Crippen molar-refractivity contribution in [1.82, 2.24) is 4.98 Å². The number of anilines is 1. The van der Waals surface area contributed by atoms with Gasteiger partial charge < -0.3 is 4.74 Å². The van der Waals surface area contributed by atoms with Crippen molar-refractivity contribution >= 4 is 23.3 Å². The Morgan fingerprint density at radius 3 is 2.88 bits per heavy atom. The third-order valence-electron chi connectivity index (χ3n) is 4.69. The average molecular weight is 359 g/mol. The van der Waals surface area contributed by atoms with Crippen molar-refractivity contribution < 1.29 is 9.53 Å². The highest BCUT2D eigenvalue weighted by atomic mass is 35.5. The molecule has 2 heterocycles. The van der Waals surface area contributed by atoms with Crippen LogP contribution in [0.15, 0.2) is 30.5 Å². The summed E-state index contributed by atoms with van der Waals surface area (Å²) in [5, 5.41) is 0.459. The van der Waals surface area contributed by atoms with Crippen LogP contribution in [0.1, 0.15) is 52.9 Å². The van der Waals surface area contributed by atoms with Gasteiger partial charge in [0.1, 0.15) is 5.82 Å². The Morgan fingerprint density at radius 2 is 2.24 bits per heavy atom. The van der Waals surface area contributed by atoms with Crippen molar-refractivity contribution in [2.75, 3.05) is 18.6 Å². The summed E-state index contributed by atoms with van der Waals surface area (Å²) in [4.78, 5) is 19.2. The number of aryl methyl sites for hydroxylation is 2. The fraction of sp³-hybridized carbons (Fsp3) is 0.400. The normalized spacial score (nSPS) is 16.9. The molecule has 5 heteroatoms. The minimum atomic E-state index is -0.154. The quantitative estimate of drug-likeness (QED) is 0.793. The largest absolute Gasteiger partial charge is 0.373 e. The SMILES string of the molecule is CCc1cnc(N(C)C(=O)c2c(C)cccc2Cl)c(C2CCCO2)c1. The Balaban J connectivity index is 2.01. The van der Waals surface area contributed by atoms with Gasteiger partial charge >= 0.3 is 0 Å². The summed E-state index contributed by atoms with van der Waals surface area (Å²) < 4.78 is 5.86. The van der Waals surface area contributed by atoms with Gasteiger partial charge in [-0.1, -0.05) is 30.7 Å². The molecule has 1 aromatic carbocycles. The van der Waals surface area contributed by atoms with Crippen molar-refractivity contribution in [1.29, 1.82) is 0 Å². The molecule has 0 radical (unpaired) electrons. The molecule has 0 spiro atoms. The lowest BCUT2D eigenvalue weighted by atomic mass is 10.0. The number of amides is 1. The maximum atomic E-state index is 13.1. The van der Waals surface area contributed by atoms with Crippen LogP contribution in [0.4, 0.5) is 5.82 Å². The van der Waals surface area contributed by atoms with Gasteiger partial charge in [0, 0.05) is 25.4 Å². The molecule has 0 aliphatic carbocycles. The Morgan fingerprint density at radius 1 is 1.44 bits per heavy atom. The molecule has 0 N–H and O–H groups in total. The molecule has 1 unspecified atom stereocenters. The summed E-state index contributed by atoms with van der Waals surface area (Å²) >= 11 is 6.28. The highest BCUT2D eigenvalue weighted by Crippen LogP contribution is 2.35. The van der Waals surface area contributed by atoms with E-state index in [9.17, 15) is 4.79 Å². The maximum absolute atomic E-state index is 13.1. The first-order chi connectivity index (χ1) is 12.0. The number of benzene rings is 1. The predicted molar refractivity (Wildman–Crippen MR) is 100 cm³/mol. The zero-order chi connectivity index (χ0) is 18.0. The van der Waals surface area contributed by atoms with E-state index < -0.39 is 0 Å². The van der Waals surface area contributed by atoms with Crippen LogP contribution in [-0.2, 0) is 11.2 Å². The van der Waals surface area contributed by atoms with E-state index in [4.69, 9.17) is 16.3 Å². The molecule has 2 aromatic rings. The third-order valence-corrected chi connectivity index (χ3v) is 5.01. The summed E-state index contributed by atoms with van der Waals surface area (Å²) in [6, 6.07) is 7.59. The van der Waals surface area contributed by atoms with Crippen molar-refractivity contribution in [3.05, 3.63) is 57.7 Å². The first-order valence-electron chi connectivity index (χ1n) is 8.66. The molecule has 25 heavy (non-hydrogen) atoms. The first kappa shape index (κ1) is 17.9. The lowest BCUT2D eigenvalue weighted by Gasteiger charge is -2.23. The van der Waals surface area contributed by atoms with Crippen LogP contribution in [0.3, 0.4) is 0 Å². The summed E-state index contributed by atoms with van der Waals surface area (Å²) in [5.74, 6) is 0.493. The Kier molecular flexibility index (Phi) is 5.40. The molecular formula is C20H23ClN2O2. The van der Waals surface area contributed by atoms with Crippen molar-refractivity contribution in [2.24, 2.45) is 0 Å². The van der Waals surface area contributed by atoms with Crippen LogP contribution in [0, 0.1) is 6.92 Å². The summed E-state index contributed by atoms with van der Waals surface area (Å²) in [6.45, 7) is 4.74. The van der Waals surface area contributed by atoms with Gasteiger partial charge in [0.25, 0.3) is 5.91 Å². The van der Waals surface area contributed by atoms with E-state index in [1.54, 1.807) is 18.0 Å². The second-order valence-corrected chi connectivity index (χ2v) is 6.81.